The second-order valence-electron chi connectivity index (χ2n) is 1.77. The van der Waals surface area contributed by atoms with Crippen LogP contribution in [0.5, 0.6) is 0 Å². The summed E-state index contributed by atoms with van der Waals surface area (Å²) >= 11 is 1.44. The highest BCUT2D eigenvalue weighted by atomic mass is 32.1. The first kappa shape index (κ1) is 7.61. The molecule has 0 fully saturated rings. The van der Waals surface area contributed by atoms with Crippen molar-refractivity contribution in [1.82, 2.24) is 0 Å². The van der Waals surface area contributed by atoms with Gasteiger partial charge in [-0.05, 0) is 21.9 Å². The quantitative estimate of drug-likeness (QED) is 0.279. The summed E-state index contributed by atoms with van der Waals surface area (Å²) in [6.45, 7) is 7.01. The molecular weight excluding hydrogens is 160 g/mol. The molecule has 5 heteroatoms. The van der Waals surface area contributed by atoms with Gasteiger partial charge in [0.05, 0.1) is 13.1 Å². The number of nitrogens with zero attached hydrogens (tertiary/aromatic N) is 4. The van der Waals surface area contributed by atoms with Crippen LogP contribution < -0.4 is 0 Å². The number of azide groups is 1. The van der Waals surface area contributed by atoms with Crippen molar-refractivity contribution in [3.8, 4) is 0 Å². The van der Waals surface area contributed by atoms with Crippen LogP contribution in [0.2, 0.25) is 0 Å². The highest BCUT2D eigenvalue weighted by Gasteiger charge is 1.95. The van der Waals surface area contributed by atoms with E-state index in [0.717, 1.165) is 4.88 Å². The van der Waals surface area contributed by atoms with Crippen molar-refractivity contribution in [1.29, 1.82) is 0 Å². The minimum atomic E-state index is 0.344. The Labute approximate surface area is 67.5 Å². The predicted molar refractivity (Wildman–Crippen MR) is 43.4 cm³/mol. The third-order valence-electron chi connectivity index (χ3n) is 1.06. The van der Waals surface area contributed by atoms with Crippen LogP contribution in [-0.4, -0.2) is 0 Å². The standard InChI is InChI=1S/C6H4N4S/c1-8-5-2-6(11-4-5)3-9-10-7/h2,4H,3H2. The van der Waals surface area contributed by atoms with E-state index in [1.54, 1.807) is 11.4 Å². The van der Waals surface area contributed by atoms with Crippen LogP contribution >= 0.6 is 11.3 Å². The maximum Gasteiger partial charge on any atom is 0.197 e. The third-order valence-corrected chi connectivity index (χ3v) is 1.97. The van der Waals surface area contributed by atoms with Gasteiger partial charge in [0.25, 0.3) is 0 Å². The van der Waals surface area contributed by atoms with Gasteiger partial charge in [-0.3, -0.25) is 0 Å². The van der Waals surface area contributed by atoms with Gasteiger partial charge >= 0.3 is 0 Å². The van der Waals surface area contributed by atoms with Gasteiger partial charge in [0.2, 0.25) is 0 Å². The fourth-order valence-electron chi connectivity index (χ4n) is 0.612. The van der Waals surface area contributed by atoms with Crippen molar-refractivity contribution in [3.05, 3.63) is 38.2 Å². The van der Waals surface area contributed by atoms with E-state index in [9.17, 15) is 0 Å². The van der Waals surface area contributed by atoms with Crippen LogP contribution in [0, 0.1) is 6.57 Å². The Kier molecular flexibility index (Phi) is 2.50. The highest BCUT2D eigenvalue weighted by Crippen LogP contribution is 2.22. The minimum absolute atomic E-state index is 0.344. The Balaban J connectivity index is 2.74. The molecule has 0 amide bonds. The molecule has 0 saturated carbocycles. The first-order chi connectivity index (χ1) is 5.36. The molecule has 1 aromatic heterocycles. The van der Waals surface area contributed by atoms with Crippen molar-refractivity contribution in [3.63, 3.8) is 0 Å². The first-order valence-corrected chi connectivity index (χ1v) is 3.70. The zero-order valence-electron chi connectivity index (χ0n) is 5.56. The minimum Gasteiger partial charge on any atom is -0.237 e. The number of hydrogen-bond acceptors (Lipinski definition) is 2. The largest absolute Gasteiger partial charge is 0.237 e. The van der Waals surface area contributed by atoms with Gasteiger partial charge in [0.1, 0.15) is 0 Å². The van der Waals surface area contributed by atoms with E-state index < -0.39 is 0 Å². The Morgan fingerprint density at radius 2 is 2.55 bits per heavy atom. The van der Waals surface area contributed by atoms with E-state index in [-0.39, 0.29) is 0 Å². The van der Waals surface area contributed by atoms with E-state index in [0.29, 0.717) is 12.2 Å². The average Bonchev–Trinajstić information content (AvgIpc) is 2.48. The van der Waals surface area contributed by atoms with Gasteiger partial charge in [0.15, 0.2) is 5.69 Å². The van der Waals surface area contributed by atoms with E-state index in [2.05, 4.69) is 14.9 Å². The lowest BCUT2D eigenvalue weighted by Crippen LogP contribution is -1.66. The van der Waals surface area contributed by atoms with Crippen LogP contribution in [0.15, 0.2) is 16.6 Å². The molecule has 0 N–H and O–H groups in total. The van der Waals surface area contributed by atoms with Gasteiger partial charge in [-0.2, -0.15) is 11.3 Å². The smallest absolute Gasteiger partial charge is 0.197 e. The molecule has 54 valence electrons. The van der Waals surface area contributed by atoms with E-state index in [1.165, 1.54) is 11.3 Å². The monoisotopic (exact) mass is 164 g/mol. The van der Waals surface area contributed by atoms with E-state index in [1.807, 2.05) is 0 Å². The van der Waals surface area contributed by atoms with Crippen LogP contribution in [-0.2, 0) is 6.54 Å². The van der Waals surface area contributed by atoms with Gasteiger partial charge in [-0.15, -0.1) is 0 Å². The van der Waals surface area contributed by atoms with Gasteiger partial charge in [-0.1, -0.05) is 5.11 Å². The van der Waals surface area contributed by atoms with Crippen molar-refractivity contribution < 1.29 is 0 Å². The molecule has 0 saturated heterocycles. The molecular formula is C6H4N4S. The summed E-state index contributed by atoms with van der Waals surface area (Å²) in [4.78, 5) is 6.77. The van der Waals surface area contributed by atoms with Crippen molar-refractivity contribution >= 4 is 17.0 Å². The molecule has 1 heterocycles. The van der Waals surface area contributed by atoms with Crippen LogP contribution in [0.4, 0.5) is 5.69 Å². The molecule has 4 nitrogen and oxygen atoms in total. The maximum atomic E-state index is 7.99. The fourth-order valence-corrected chi connectivity index (χ4v) is 1.33. The molecule has 0 spiro atoms. The second kappa shape index (κ2) is 3.62. The summed E-state index contributed by atoms with van der Waals surface area (Å²) in [5.41, 5.74) is 8.60. The molecule has 0 aliphatic rings. The predicted octanol–water partition coefficient (Wildman–Crippen LogP) is 3.11. The maximum absolute atomic E-state index is 7.99. The molecule has 0 bridgehead atoms. The second-order valence-corrected chi connectivity index (χ2v) is 2.77. The Morgan fingerprint density at radius 3 is 3.09 bits per heavy atom. The lowest BCUT2D eigenvalue weighted by atomic mass is 10.4. The molecule has 0 unspecified atom stereocenters. The number of thiophene rings is 1. The fraction of sp³-hybridized carbons (Fsp3) is 0.167. The molecule has 11 heavy (non-hydrogen) atoms. The Hall–Kier alpha value is -1.50. The van der Waals surface area contributed by atoms with E-state index >= 15 is 0 Å². The highest BCUT2D eigenvalue weighted by molar-refractivity contribution is 7.10. The zero-order chi connectivity index (χ0) is 8.10. The normalized spacial score (nSPS) is 8.27. The summed E-state index contributed by atoms with van der Waals surface area (Å²) in [5.74, 6) is 0. The van der Waals surface area contributed by atoms with Gasteiger partial charge < -0.3 is 0 Å². The molecule has 0 atom stereocenters. The summed E-state index contributed by atoms with van der Waals surface area (Å²) in [6.07, 6.45) is 0. The van der Waals surface area contributed by atoms with Crippen LogP contribution in [0.1, 0.15) is 4.88 Å². The SMILES string of the molecule is [C-]#[N+]c1csc(CN=[N+]=[N-])c1. The van der Waals surface area contributed by atoms with E-state index in [4.69, 9.17) is 12.1 Å². The molecule has 1 rings (SSSR count). The molecule has 0 aliphatic heterocycles. The van der Waals surface area contributed by atoms with Crippen molar-refractivity contribution in [2.24, 2.45) is 5.11 Å². The topological polar surface area (TPSA) is 53.1 Å². The first-order valence-electron chi connectivity index (χ1n) is 2.82. The molecule has 0 radical (unpaired) electrons. The molecule has 1 aromatic rings. The van der Waals surface area contributed by atoms with Crippen LogP contribution in [0.3, 0.4) is 0 Å². The van der Waals surface area contributed by atoms with Crippen molar-refractivity contribution in [2.45, 2.75) is 6.54 Å². The average molecular weight is 164 g/mol. The Morgan fingerprint density at radius 1 is 1.73 bits per heavy atom. The lowest BCUT2D eigenvalue weighted by Gasteiger charge is -1.81. The summed E-state index contributed by atoms with van der Waals surface area (Å²) in [5, 5.41) is 5.12. The van der Waals surface area contributed by atoms with Crippen LogP contribution in [0.25, 0.3) is 15.3 Å². The van der Waals surface area contributed by atoms with Gasteiger partial charge in [-0.25, -0.2) is 4.85 Å². The lowest BCUT2D eigenvalue weighted by molar-refractivity contribution is 1.08. The summed E-state index contributed by atoms with van der Waals surface area (Å²) < 4.78 is 0. The number of rotatable bonds is 2. The number of hydrogen-bond donors (Lipinski definition) is 0. The Bertz CT molecular complexity index is 329. The molecule has 0 aliphatic carbocycles. The van der Waals surface area contributed by atoms with Crippen molar-refractivity contribution in [2.75, 3.05) is 0 Å². The van der Waals surface area contributed by atoms with Gasteiger partial charge in [0, 0.05) is 4.91 Å². The summed E-state index contributed by atoms with van der Waals surface area (Å²) in [6, 6.07) is 1.73. The molecule has 0 aromatic carbocycles. The third kappa shape index (κ3) is 1.97. The zero-order valence-corrected chi connectivity index (χ0v) is 6.38. The summed E-state index contributed by atoms with van der Waals surface area (Å²) in [7, 11) is 0.